The van der Waals surface area contributed by atoms with Crippen LogP contribution in [0.3, 0.4) is 0 Å². The lowest BCUT2D eigenvalue weighted by Crippen LogP contribution is -2.14. The quantitative estimate of drug-likeness (QED) is 0.652. The highest BCUT2D eigenvalue weighted by molar-refractivity contribution is 7.18. The molecule has 0 fully saturated rings. The van der Waals surface area contributed by atoms with Gasteiger partial charge in [0.05, 0.1) is 5.69 Å². The summed E-state index contributed by atoms with van der Waals surface area (Å²) in [6, 6.07) is 18.7. The average molecular weight is 367 g/mol. The largest absolute Gasteiger partial charge is 0.477 e. The summed E-state index contributed by atoms with van der Waals surface area (Å²) < 4.78 is 5.16. The number of carboxylic acids is 1. The molecule has 0 atom stereocenters. The highest BCUT2D eigenvalue weighted by Gasteiger charge is 2.18. The molecule has 0 aliphatic carbocycles. The minimum absolute atomic E-state index is 0.0669. The van der Waals surface area contributed by atoms with Crippen molar-refractivity contribution in [1.82, 2.24) is 0 Å². The van der Waals surface area contributed by atoms with Gasteiger partial charge in [0.1, 0.15) is 11.5 Å². The molecule has 3 aromatic rings. The molecule has 0 unspecified atom stereocenters. The van der Waals surface area contributed by atoms with Gasteiger partial charge >= 0.3 is 12.1 Å². The lowest BCUT2D eigenvalue weighted by molar-refractivity contribution is 0.0703. The number of nitrogens with one attached hydrogen (secondary N) is 1. The van der Waals surface area contributed by atoms with E-state index in [0.717, 1.165) is 32.9 Å². The summed E-state index contributed by atoms with van der Waals surface area (Å²) in [5, 5.41) is 11.9. The summed E-state index contributed by atoms with van der Waals surface area (Å²) in [5.74, 6) is -1.09. The van der Waals surface area contributed by atoms with Gasteiger partial charge in [-0.1, -0.05) is 60.2 Å². The third kappa shape index (κ3) is 4.29. The van der Waals surface area contributed by atoms with Crippen molar-refractivity contribution in [3.63, 3.8) is 0 Å². The number of carbonyl (C=O) groups is 2. The molecular weight excluding hydrogens is 350 g/mol. The zero-order chi connectivity index (χ0) is 18.5. The number of thiophene rings is 1. The molecule has 2 aromatic carbocycles. The van der Waals surface area contributed by atoms with E-state index in [1.165, 1.54) is 0 Å². The van der Waals surface area contributed by atoms with E-state index in [-0.39, 0.29) is 17.2 Å². The molecule has 0 bridgehead atoms. The Morgan fingerprint density at radius 2 is 1.77 bits per heavy atom. The monoisotopic (exact) mass is 367 g/mol. The molecular formula is C20H17NO4S. The smallest absolute Gasteiger partial charge is 0.412 e. The lowest BCUT2D eigenvalue weighted by atomic mass is 10.1. The first-order chi connectivity index (χ1) is 12.5. The van der Waals surface area contributed by atoms with Crippen LogP contribution >= 0.6 is 11.3 Å². The number of ether oxygens (including phenoxy) is 1. The molecule has 1 aromatic heterocycles. The van der Waals surface area contributed by atoms with Gasteiger partial charge in [-0.2, -0.15) is 0 Å². The van der Waals surface area contributed by atoms with E-state index in [4.69, 9.17) is 4.74 Å². The van der Waals surface area contributed by atoms with E-state index < -0.39 is 12.1 Å². The number of carboxylic acid groups (broad SMARTS) is 1. The van der Waals surface area contributed by atoms with Crippen LogP contribution in [0.4, 0.5) is 10.5 Å². The molecule has 0 aliphatic rings. The van der Waals surface area contributed by atoms with Crippen LogP contribution in [0.5, 0.6) is 0 Å². The second-order valence-corrected chi connectivity index (χ2v) is 6.76. The fourth-order valence-electron chi connectivity index (χ4n) is 2.37. The summed E-state index contributed by atoms with van der Waals surface area (Å²) >= 11 is 1.11. The van der Waals surface area contributed by atoms with E-state index in [0.29, 0.717) is 0 Å². The number of hydrogen-bond acceptors (Lipinski definition) is 4. The number of aromatic carboxylic acids is 1. The van der Waals surface area contributed by atoms with E-state index in [9.17, 15) is 14.7 Å². The van der Waals surface area contributed by atoms with Gasteiger partial charge in [-0.25, -0.2) is 9.59 Å². The summed E-state index contributed by atoms with van der Waals surface area (Å²) in [6.07, 6.45) is -0.690. The predicted octanol–water partition coefficient (Wildman–Crippen LogP) is 5.17. The van der Waals surface area contributed by atoms with Crippen molar-refractivity contribution in [3.8, 4) is 10.4 Å². The van der Waals surface area contributed by atoms with Crippen molar-refractivity contribution in [2.75, 3.05) is 5.32 Å². The number of rotatable bonds is 5. The third-order valence-corrected chi connectivity index (χ3v) is 4.88. The van der Waals surface area contributed by atoms with Crippen molar-refractivity contribution in [2.45, 2.75) is 13.5 Å². The van der Waals surface area contributed by atoms with Crippen molar-refractivity contribution in [3.05, 3.63) is 76.7 Å². The van der Waals surface area contributed by atoms with Gasteiger partial charge < -0.3 is 9.84 Å². The zero-order valence-electron chi connectivity index (χ0n) is 14.1. The summed E-state index contributed by atoms with van der Waals surface area (Å²) in [5.41, 5.74) is 3.10. The molecule has 2 N–H and O–H groups in total. The summed E-state index contributed by atoms with van der Waals surface area (Å²) in [6.45, 7) is 2.10. The Morgan fingerprint density at radius 3 is 2.42 bits per heavy atom. The fraction of sp³-hybridized carbons (Fsp3) is 0.100. The average Bonchev–Trinajstić information content (AvgIpc) is 3.05. The number of hydrogen-bond donors (Lipinski definition) is 2. The first kappa shape index (κ1) is 17.7. The maximum atomic E-state index is 12.0. The molecule has 6 heteroatoms. The SMILES string of the molecule is Cc1ccc(-c2cc(NC(=O)OCc3ccccc3)c(C(=O)O)s2)cc1. The van der Waals surface area contributed by atoms with Gasteiger partial charge in [-0.3, -0.25) is 5.32 Å². The minimum Gasteiger partial charge on any atom is -0.477 e. The standard InChI is InChI=1S/C20H17NO4S/c1-13-7-9-15(10-8-13)17-11-16(18(26-17)19(22)23)21-20(24)25-12-14-5-3-2-4-6-14/h2-11H,12H2,1H3,(H,21,24)(H,22,23). The number of amides is 1. The Bertz CT molecular complexity index is 917. The van der Waals surface area contributed by atoms with Crippen LogP contribution in [-0.2, 0) is 11.3 Å². The van der Waals surface area contributed by atoms with Gasteiger partial charge in [0.2, 0.25) is 0 Å². The highest BCUT2D eigenvalue weighted by Crippen LogP contribution is 2.35. The van der Waals surface area contributed by atoms with Crippen LogP contribution in [0.25, 0.3) is 10.4 Å². The molecule has 3 rings (SSSR count). The van der Waals surface area contributed by atoms with Gasteiger partial charge in [0.25, 0.3) is 0 Å². The second-order valence-electron chi connectivity index (χ2n) is 5.71. The van der Waals surface area contributed by atoms with Crippen LogP contribution < -0.4 is 5.32 Å². The predicted molar refractivity (Wildman–Crippen MR) is 102 cm³/mol. The number of anilines is 1. The van der Waals surface area contributed by atoms with Crippen molar-refractivity contribution >= 4 is 29.1 Å². The van der Waals surface area contributed by atoms with Crippen molar-refractivity contribution in [1.29, 1.82) is 0 Å². The Labute approximate surface area is 154 Å². The first-order valence-electron chi connectivity index (χ1n) is 7.95. The third-order valence-electron chi connectivity index (χ3n) is 3.71. The molecule has 132 valence electrons. The van der Waals surface area contributed by atoms with Gasteiger partial charge in [0, 0.05) is 4.88 Å². The Morgan fingerprint density at radius 1 is 1.08 bits per heavy atom. The van der Waals surface area contributed by atoms with Crippen molar-refractivity contribution < 1.29 is 19.4 Å². The molecule has 0 saturated heterocycles. The molecule has 0 radical (unpaired) electrons. The summed E-state index contributed by atoms with van der Waals surface area (Å²) in [7, 11) is 0. The van der Waals surface area contributed by atoms with Gasteiger partial charge in [-0.15, -0.1) is 11.3 Å². The first-order valence-corrected chi connectivity index (χ1v) is 8.76. The van der Waals surface area contributed by atoms with Crippen LogP contribution in [-0.4, -0.2) is 17.2 Å². The van der Waals surface area contributed by atoms with Crippen LogP contribution in [0.2, 0.25) is 0 Å². The highest BCUT2D eigenvalue weighted by atomic mass is 32.1. The van der Waals surface area contributed by atoms with Crippen LogP contribution in [0.15, 0.2) is 60.7 Å². The van der Waals surface area contributed by atoms with Crippen LogP contribution in [0, 0.1) is 6.92 Å². The zero-order valence-corrected chi connectivity index (χ0v) is 14.9. The maximum absolute atomic E-state index is 12.0. The van der Waals surface area contributed by atoms with Crippen molar-refractivity contribution in [2.24, 2.45) is 0 Å². The number of carbonyl (C=O) groups excluding carboxylic acids is 1. The molecule has 26 heavy (non-hydrogen) atoms. The van der Waals surface area contributed by atoms with E-state index in [1.807, 2.05) is 61.5 Å². The topological polar surface area (TPSA) is 75.6 Å². The van der Waals surface area contributed by atoms with Gasteiger partial charge in [0.15, 0.2) is 0 Å². The fourth-order valence-corrected chi connectivity index (χ4v) is 3.33. The maximum Gasteiger partial charge on any atom is 0.412 e. The molecule has 1 amide bonds. The molecule has 1 heterocycles. The Hall–Kier alpha value is -3.12. The minimum atomic E-state index is -1.09. The summed E-state index contributed by atoms with van der Waals surface area (Å²) in [4.78, 5) is 24.4. The normalized spacial score (nSPS) is 10.3. The molecule has 0 aliphatic heterocycles. The van der Waals surface area contributed by atoms with E-state index in [1.54, 1.807) is 6.07 Å². The number of aryl methyl sites for hydroxylation is 1. The van der Waals surface area contributed by atoms with E-state index in [2.05, 4.69) is 5.32 Å². The molecule has 5 nitrogen and oxygen atoms in total. The Balaban J connectivity index is 1.74. The molecule has 0 saturated carbocycles. The number of benzene rings is 2. The van der Waals surface area contributed by atoms with Crippen LogP contribution in [0.1, 0.15) is 20.8 Å². The molecule has 0 spiro atoms. The van der Waals surface area contributed by atoms with Gasteiger partial charge in [-0.05, 0) is 24.1 Å². The lowest BCUT2D eigenvalue weighted by Gasteiger charge is -2.06. The second kappa shape index (κ2) is 7.84. The van der Waals surface area contributed by atoms with E-state index >= 15 is 0 Å². The Kier molecular flexibility index (Phi) is 5.34.